The summed E-state index contributed by atoms with van der Waals surface area (Å²) in [5.41, 5.74) is 1.02. The number of anilines is 1. The first-order chi connectivity index (χ1) is 8.45. The van der Waals surface area contributed by atoms with Gasteiger partial charge in [-0.2, -0.15) is 0 Å². The zero-order valence-corrected chi connectivity index (χ0v) is 11.8. The Kier molecular flexibility index (Phi) is 3.95. The normalized spacial score (nSPS) is 24.8. The number of hydrogen-bond acceptors (Lipinski definition) is 3. The molecule has 4 heteroatoms. The molecule has 0 heterocycles. The van der Waals surface area contributed by atoms with Gasteiger partial charge in [-0.25, -0.2) is 8.42 Å². The molecule has 2 rings (SSSR count). The van der Waals surface area contributed by atoms with Gasteiger partial charge in [-0.15, -0.1) is 0 Å². The van der Waals surface area contributed by atoms with Crippen molar-refractivity contribution >= 4 is 15.5 Å². The molecule has 0 aromatic heterocycles. The summed E-state index contributed by atoms with van der Waals surface area (Å²) in [5, 5.41) is 3.50. The summed E-state index contributed by atoms with van der Waals surface area (Å²) in [6.07, 6.45) is 6.25. The highest BCUT2D eigenvalue weighted by molar-refractivity contribution is 7.90. The fourth-order valence-electron chi connectivity index (χ4n) is 2.60. The van der Waals surface area contributed by atoms with E-state index in [4.69, 9.17) is 0 Å². The maximum Gasteiger partial charge on any atom is 0.175 e. The van der Waals surface area contributed by atoms with Crippen LogP contribution in [-0.4, -0.2) is 20.7 Å². The molecule has 1 aromatic carbocycles. The molecule has 3 nitrogen and oxygen atoms in total. The monoisotopic (exact) mass is 267 g/mol. The van der Waals surface area contributed by atoms with E-state index in [1.165, 1.54) is 31.9 Å². The first kappa shape index (κ1) is 13.4. The molecular formula is C14H21NO2S. The predicted molar refractivity (Wildman–Crippen MR) is 74.6 cm³/mol. The third-order valence-corrected chi connectivity index (χ3v) is 4.72. The molecule has 2 atom stereocenters. The molecule has 1 saturated carbocycles. The maximum atomic E-state index is 11.4. The Hall–Kier alpha value is -1.03. The van der Waals surface area contributed by atoms with E-state index < -0.39 is 9.84 Å². The smallest absolute Gasteiger partial charge is 0.175 e. The Labute approximate surface area is 110 Å². The second-order valence-electron chi connectivity index (χ2n) is 5.41. The van der Waals surface area contributed by atoms with Gasteiger partial charge in [-0.3, -0.25) is 0 Å². The minimum atomic E-state index is -3.09. The number of benzene rings is 1. The molecule has 1 fully saturated rings. The fraction of sp³-hybridized carbons (Fsp3) is 0.571. The van der Waals surface area contributed by atoms with Gasteiger partial charge >= 0.3 is 0 Å². The second-order valence-corrected chi connectivity index (χ2v) is 7.43. The van der Waals surface area contributed by atoms with Crippen LogP contribution in [0.2, 0.25) is 0 Å². The van der Waals surface area contributed by atoms with Crippen molar-refractivity contribution in [1.82, 2.24) is 0 Å². The van der Waals surface area contributed by atoms with Crippen molar-refractivity contribution < 1.29 is 8.42 Å². The molecule has 18 heavy (non-hydrogen) atoms. The number of nitrogens with one attached hydrogen (secondary N) is 1. The van der Waals surface area contributed by atoms with Gasteiger partial charge < -0.3 is 5.32 Å². The molecule has 0 bridgehead atoms. The molecule has 1 aliphatic carbocycles. The van der Waals surface area contributed by atoms with Crippen molar-refractivity contribution in [3.63, 3.8) is 0 Å². The van der Waals surface area contributed by atoms with Gasteiger partial charge in [0.15, 0.2) is 9.84 Å². The minimum Gasteiger partial charge on any atom is -0.382 e. The van der Waals surface area contributed by atoms with E-state index in [1.807, 2.05) is 12.1 Å². The molecule has 1 aromatic rings. The number of hydrogen-bond donors (Lipinski definition) is 1. The molecule has 1 aliphatic rings. The van der Waals surface area contributed by atoms with Gasteiger partial charge in [0.25, 0.3) is 0 Å². The summed E-state index contributed by atoms with van der Waals surface area (Å²) in [6, 6.07) is 7.58. The Morgan fingerprint density at radius 2 is 1.83 bits per heavy atom. The lowest BCUT2D eigenvalue weighted by Gasteiger charge is -2.28. The molecule has 2 unspecified atom stereocenters. The van der Waals surface area contributed by atoms with Crippen molar-refractivity contribution in [3.8, 4) is 0 Å². The van der Waals surface area contributed by atoms with Gasteiger partial charge in [0.2, 0.25) is 0 Å². The standard InChI is InChI=1S/C14H21NO2S/c1-11-4-3-5-13(10-11)15-12-6-8-14(9-7-12)18(2,16)17/h6-9,11,13,15H,3-5,10H2,1-2H3. The third kappa shape index (κ3) is 3.48. The van der Waals surface area contributed by atoms with Crippen LogP contribution >= 0.6 is 0 Å². The molecule has 0 aliphatic heterocycles. The van der Waals surface area contributed by atoms with Crippen molar-refractivity contribution in [1.29, 1.82) is 0 Å². The van der Waals surface area contributed by atoms with Crippen LogP contribution in [0.5, 0.6) is 0 Å². The first-order valence-corrected chi connectivity index (χ1v) is 8.41. The lowest BCUT2D eigenvalue weighted by atomic mass is 9.87. The zero-order valence-electron chi connectivity index (χ0n) is 11.0. The number of rotatable bonds is 3. The predicted octanol–water partition coefficient (Wildman–Crippen LogP) is 3.08. The SMILES string of the molecule is CC1CCCC(Nc2ccc(S(C)(=O)=O)cc2)C1. The summed E-state index contributed by atoms with van der Waals surface area (Å²) in [6.45, 7) is 2.29. The van der Waals surface area contributed by atoms with Crippen molar-refractivity contribution in [2.24, 2.45) is 5.92 Å². The van der Waals surface area contributed by atoms with Crippen LogP contribution in [0.25, 0.3) is 0 Å². The van der Waals surface area contributed by atoms with E-state index in [0.29, 0.717) is 10.9 Å². The van der Waals surface area contributed by atoms with Crippen LogP contribution in [0.1, 0.15) is 32.6 Å². The average molecular weight is 267 g/mol. The van der Waals surface area contributed by atoms with Crippen LogP contribution in [0.3, 0.4) is 0 Å². The minimum absolute atomic E-state index is 0.380. The maximum absolute atomic E-state index is 11.4. The molecule has 0 amide bonds. The van der Waals surface area contributed by atoms with Crippen LogP contribution < -0.4 is 5.32 Å². The molecule has 0 saturated heterocycles. The van der Waals surface area contributed by atoms with Crippen LogP contribution in [0.4, 0.5) is 5.69 Å². The van der Waals surface area contributed by atoms with Crippen molar-refractivity contribution in [2.45, 2.75) is 43.5 Å². The van der Waals surface area contributed by atoms with Gasteiger partial charge in [0.05, 0.1) is 4.90 Å². The Morgan fingerprint density at radius 3 is 2.39 bits per heavy atom. The van der Waals surface area contributed by atoms with Gasteiger partial charge in [0, 0.05) is 18.0 Å². The van der Waals surface area contributed by atoms with E-state index in [0.717, 1.165) is 11.6 Å². The van der Waals surface area contributed by atoms with Crippen molar-refractivity contribution in [2.75, 3.05) is 11.6 Å². The van der Waals surface area contributed by atoms with Crippen molar-refractivity contribution in [3.05, 3.63) is 24.3 Å². The number of sulfone groups is 1. The second kappa shape index (κ2) is 5.31. The van der Waals surface area contributed by atoms with E-state index >= 15 is 0 Å². The largest absolute Gasteiger partial charge is 0.382 e. The zero-order chi connectivity index (χ0) is 13.2. The Morgan fingerprint density at radius 1 is 1.17 bits per heavy atom. The van der Waals surface area contributed by atoms with Crippen LogP contribution in [-0.2, 0) is 9.84 Å². The molecular weight excluding hydrogens is 246 g/mol. The van der Waals surface area contributed by atoms with E-state index in [2.05, 4.69) is 12.2 Å². The molecule has 0 radical (unpaired) electrons. The van der Waals surface area contributed by atoms with Gasteiger partial charge in [-0.1, -0.05) is 19.8 Å². The van der Waals surface area contributed by atoms with E-state index in [1.54, 1.807) is 12.1 Å². The molecule has 1 N–H and O–H groups in total. The Balaban J connectivity index is 2.02. The highest BCUT2D eigenvalue weighted by atomic mass is 32.2. The Bertz CT molecular complexity index is 493. The first-order valence-electron chi connectivity index (χ1n) is 6.52. The van der Waals surface area contributed by atoms with Crippen LogP contribution in [0, 0.1) is 5.92 Å². The average Bonchev–Trinajstić information content (AvgIpc) is 2.28. The van der Waals surface area contributed by atoms with Gasteiger partial charge in [-0.05, 0) is 43.0 Å². The molecule has 100 valence electrons. The van der Waals surface area contributed by atoms with Crippen LogP contribution in [0.15, 0.2) is 29.2 Å². The topological polar surface area (TPSA) is 46.2 Å². The highest BCUT2D eigenvalue weighted by Crippen LogP contribution is 2.26. The lowest BCUT2D eigenvalue weighted by molar-refractivity contribution is 0.358. The third-order valence-electron chi connectivity index (χ3n) is 3.59. The lowest BCUT2D eigenvalue weighted by Crippen LogP contribution is -2.26. The molecule has 0 spiro atoms. The summed E-state index contributed by atoms with van der Waals surface area (Å²) in [4.78, 5) is 0.380. The summed E-state index contributed by atoms with van der Waals surface area (Å²) < 4.78 is 22.7. The quantitative estimate of drug-likeness (QED) is 0.915. The van der Waals surface area contributed by atoms with E-state index in [9.17, 15) is 8.42 Å². The summed E-state index contributed by atoms with van der Waals surface area (Å²) in [7, 11) is -3.09. The highest BCUT2D eigenvalue weighted by Gasteiger charge is 2.18. The van der Waals surface area contributed by atoms with E-state index in [-0.39, 0.29) is 0 Å². The summed E-state index contributed by atoms with van der Waals surface area (Å²) >= 11 is 0. The summed E-state index contributed by atoms with van der Waals surface area (Å²) in [5.74, 6) is 0.784. The van der Waals surface area contributed by atoms with Gasteiger partial charge in [0.1, 0.15) is 0 Å². The fourth-order valence-corrected chi connectivity index (χ4v) is 3.23.